The summed E-state index contributed by atoms with van der Waals surface area (Å²) in [4.78, 5) is 16.9. The summed E-state index contributed by atoms with van der Waals surface area (Å²) in [6.07, 6.45) is 3.17. The highest BCUT2D eigenvalue weighted by molar-refractivity contribution is 7.91. The van der Waals surface area contributed by atoms with Crippen molar-refractivity contribution in [3.8, 4) is 0 Å². The van der Waals surface area contributed by atoms with Crippen molar-refractivity contribution in [1.82, 2.24) is 14.1 Å². The maximum absolute atomic E-state index is 12.9. The number of amides is 1. The highest BCUT2D eigenvalue weighted by atomic mass is 32.2. The molecule has 1 fully saturated rings. The normalized spacial score (nSPS) is 20.9. The van der Waals surface area contributed by atoms with E-state index in [0.717, 1.165) is 19.3 Å². The van der Waals surface area contributed by atoms with Gasteiger partial charge in [0.2, 0.25) is 5.91 Å². The Labute approximate surface area is 176 Å². The van der Waals surface area contributed by atoms with Gasteiger partial charge in [0.1, 0.15) is 4.21 Å². The van der Waals surface area contributed by atoms with Crippen molar-refractivity contribution in [3.63, 3.8) is 0 Å². The lowest BCUT2D eigenvalue weighted by Crippen LogP contribution is -2.51. The van der Waals surface area contributed by atoms with Crippen LogP contribution in [0.4, 0.5) is 0 Å². The summed E-state index contributed by atoms with van der Waals surface area (Å²) >= 11 is 1.25. The number of benzene rings is 1. The van der Waals surface area contributed by atoms with Crippen LogP contribution in [0, 0.1) is 0 Å². The van der Waals surface area contributed by atoms with Crippen molar-refractivity contribution < 1.29 is 13.2 Å². The molecule has 1 aliphatic heterocycles. The zero-order valence-corrected chi connectivity index (χ0v) is 18.3. The molecular formula is C21H27N3O3S2. The molecule has 2 heterocycles. The predicted octanol–water partition coefficient (Wildman–Crippen LogP) is 2.59. The van der Waals surface area contributed by atoms with Crippen LogP contribution < -0.4 is 0 Å². The quantitative estimate of drug-likeness (QED) is 0.727. The van der Waals surface area contributed by atoms with Gasteiger partial charge < -0.3 is 4.90 Å². The van der Waals surface area contributed by atoms with E-state index in [9.17, 15) is 13.2 Å². The van der Waals surface area contributed by atoms with E-state index in [1.54, 1.807) is 17.5 Å². The minimum absolute atomic E-state index is 0.0984. The van der Waals surface area contributed by atoms with Gasteiger partial charge in [-0.3, -0.25) is 9.69 Å². The molecule has 1 amide bonds. The first kappa shape index (κ1) is 20.5. The Balaban J connectivity index is 1.35. The number of hydrogen-bond donors (Lipinski definition) is 0. The van der Waals surface area contributed by atoms with E-state index >= 15 is 0 Å². The molecule has 2 aromatic rings. The first-order chi connectivity index (χ1) is 14.0. The van der Waals surface area contributed by atoms with E-state index in [1.807, 2.05) is 18.0 Å². The Morgan fingerprint density at radius 2 is 1.90 bits per heavy atom. The zero-order valence-electron chi connectivity index (χ0n) is 16.7. The van der Waals surface area contributed by atoms with E-state index in [0.29, 0.717) is 36.9 Å². The Bertz CT molecular complexity index is 951. The van der Waals surface area contributed by atoms with Crippen LogP contribution in [0.2, 0.25) is 0 Å². The molecule has 1 unspecified atom stereocenters. The number of rotatable bonds is 5. The molecule has 0 saturated carbocycles. The maximum atomic E-state index is 12.9. The molecule has 8 heteroatoms. The van der Waals surface area contributed by atoms with Crippen LogP contribution >= 0.6 is 11.3 Å². The average Bonchev–Trinajstić information content (AvgIpc) is 3.29. The van der Waals surface area contributed by atoms with E-state index in [1.165, 1.54) is 26.8 Å². The fourth-order valence-electron chi connectivity index (χ4n) is 4.27. The number of thiophene rings is 1. The number of piperazine rings is 1. The largest absolute Gasteiger partial charge is 0.338 e. The first-order valence-electron chi connectivity index (χ1n) is 10.1. The van der Waals surface area contributed by atoms with Gasteiger partial charge in [0.05, 0.1) is 12.6 Å². The molecule has 1 aromatic heterocycles. The third kappa shape index (κ3) is 4.26. The highest BCUT2D eigenvalue weighted by Gasteiger charge is 2.31. The minimum atomic E-state index is -3.41. The predicted molar refractivity (Wildman–Crippen MR) is 114 cm³/mol. The van der Waals surface area contributed by atoms with Crippen molar-refractivity contribution in [3.05, 3.63) is 52.9 Å². The lowest BCUT2D eigenvalue weighted by Gasteiger charge is -2.37. The van der Waals surface area contributed by atoms with Gasteiger partial charge in [-0.25, -0.2) is 8.42 Å². The number of nitrogens with zero attached hydrogens (tertiary/aromatic N) is 3. The molecule has 0 spiro atoms. The van der Waals surface area contributed by atoms with Crippen LogP contribution in [0.15, 0.2) is 46.0 Å². The molecule has 29 heavy (non-hydrogen) atoms. The molecule has 156 valence electrons. The number of aryl methyl sites for hydroxylation is 1. The van der Waals surface area contributed by atoms with Gasteiger partial charge >= 0.3 is 0 Å². The van der Waals surface area contributed by atoms with Gasteiger partial charge in [0, 0.05) is 33.2 Å². The van der Waals surface area contributed by atoms with Crippen LogP contribution in [0.3, 0.4) is 0 Å². The fraction of sp³-hybridized carbons (Fsp3) is 0.476. The minimum Gasteiger partial charge on any atom is -0.338 e. The van der Waals surface area contributed by atoms with Crippen LogP contribution in [0.1, 0.15) is 30.0 Å². The Morgan fingerprint density at radius 1 is 1.14 bits per heavy atom. The summed E-state index contributed by atoms with van der Waals surface area (Å²) in [5.74, 6) is 0.0984. The summed E-state index contributed by atoms with van der Waals surface area (Å²) in [7, 11) is -1.51. The van der Waals surface area contributed by atoms with Gasteiger partial charge in [0.15, 0.2) is 0 Å². The summed E-state index contributed by atoms with van der Waals surface area (Å²) in [5.41, 5.74) is 2.61. The number of hydrogen-bond acceptors (Lipinski definition) is 5. The van der Waals surface area contributed by atoms with Crippen LogP contribution in [0.5, 0.6) is 0 Å². The lowest BCUT2D eigenvalue weighted by atomic mass is 9.87. The van der Waals surface area contributed by atoms with Crippen LogP contribution in [0.25, 0.3) is 0 Å². The third-order valence-corrected chi connectivity index (χ3v) is 9.25. The number of sulfonamides is 1. The molecule has 6 nitrogen and oxygen atoms in total. The van der Waals surface area contributed by atoms with E-state index < -0.39 is 10.0 Å². The highest BCUT2D eigenvalue weighted by Crippen LogP contribution is 2.33. The van der Waals surface area contributed by atoms with E-state index in [-0.39, 0.29) is 11.9 Å². The van der Waals surface area contributed by atoms with Gasteiger partial charge in [-0.2, -0.15) is 4.31 Å². The third-order valence-electron chi connectivity index (χ3n) is 5.98. The summed E-state index contributed by atoms with van der Waals surface area (Å²) in [6.45, 7) is 2.33. The zero-order chi connectivity index (χ0) is 20.4. The fourth-order valence-corrected chi connectivity index (χ4v) is 6.84. The van der Waals surface area contributed by atoms with Crippen molar-refractivity contribution in [2.45, 2.75) is 29.5 Å². The molecule has 0 radical (unpaired) electrons. The van der Waals surface area contributed by atoms with Gasteiger partial charge in [-0.05, 0) is 41.8 Å². The second kappa shape index (κ2) is 8.55. The first-order valence-corrected chi connectivity index (χ1v) is 12.4. The van der Waals surface area contributed by atoms with Gasteiger partial charge in [-0.1, -0.05) is 30.3 Å². The number of carbonyl (C=O) groups is 1. The van der Waals surface area contributed by atoms with E-state index in [2.05, 4.69) is 23.1 Å². The monoisotopic (exact) mass is 433 g/mol. The van der Waals surface area contributed by atoms with Gasteiger partial charge in [-0.15, -0.1) is 11.3 Å². The molecule has 1 aliphatic carbocycles. The molecule has 1 aromatic carbocycles. The smallest absolute Gasteiger partial charge is 0.252 e. The summed E-state index contributed by atoms with van der Waals surface area (Å²) in [5, 5.41) is 1.78. The van der Waals surface area contributed by atoms with E-state index in [4.69, 9.17) is 0 Å². The van der Waals surface area contributed by atoms with Crippen molar-refractivity contribution in [2.75, 3.05) is 39.8 Å². The molecule has 1 atom stereocenters. The number of fused-ring (bicyclic) bond motifs is 1. The Kier molecular flexibility index (Phi) is 6.06. The molecule has 1 saturated heterocycles. The second-order valence-corrected chi connectivity index (χ2v) is 10.8. The Morgan fingerprint density at radius 3 is 2.62 bits per heavy atom. The molecule has 2 aliphatic rings. The molecular weight excluding hydrogens is 406 g/mol. The SMILES string of the molecule is CN(C(=O)CN1CCN(S(=O)(=O)c2cccs2)CC1)C1CCCc2ccccc21. The molecule has 4 rings (SSSR count). The van der Waals surface area contributed by atoms with Crippen LogP contribution in [-0.4, -0.2) is 68.2 Å². The number of carbonyl (C=O) groups excluding carboxylic acids is 1. The lowest BCUT2D eigenvalue weighted by molar-refractivity contribution is -0.133. The van der Waals surface area contributed by atoms with Crippen LogP contribution in [-0.2, 0) is 21.2 Å². The van der Waals surface area contributed by atoms with Crippen molar-refractivity contribution >= 4 is 27.3 Å². The maximum Gasteiger partial charge on any atom is 0.252 e. The summed E-state index contributed by atoms with van der Waals surface area (Å²) in [6, 6.07) is 11.9. The van der Waals surface area contributed by atoms with Gasteiger partial charge in [0.25, 0.3) is 10.0 Å². The Hall–Kier alpha value is -1.74. The second-order valence-electron chi connectivity index (χ2n) is 7.72. The molecule has 0 bridgehead atoms. The molecule has 0 N–H and O–H groups in total. The standard InChI is InChI=1S/C21H27N3O3S2/c1-22(19-9-4-7-17-6-2-3-8-18(17)19)20(25)16-23-11-13-24(14-12-23)29(26,27)21-10-5-15-28-21/h2-3,5-6,8,10,15,19H,4,7,9,11-14,16H2,1H3. The topological polar surface area (TPSA) is 60.9 Å². The number of likely N-dealkylation sites (N-methyl/N-ethyl adjacent to an activating group) is 1. The summed E-state index contributed by atoms with van der Waals surface area (Å²) < 4.78 is 27.2. The van der Waals surface area contributed by atoms with Crippen molar-refractivity contribution in [2.24, 2.45) is 0 Å². The average molecular weight is 434 g/mol. The van der Waals surface area contributed by atoms with Crippen molar-refractivity contribution in [1.29, 1.82) is 0 Å².